The number of allylic oxidation sites excluding steroid dienone is 1. The molecular formula is C33H47N5O2. The number of nitrogens with two attached hydrogens (primary N) is 2. The van der Waals surface area contributed by atoms with Crippen molar-refractivity contribution in [3.63, 3.8) is 0 Å². The molecule has 0 atom stereocenters. The van der Waals surface area contributed by atoms with E-state index >= 15 is 0 Å². The number of nitrogens with zero attached hydrogens (tertiary/aromatic N) is 3. The number of carbonyl (C=O) groups is 1. The lowest BCUT2D eigenvalue weighted by Gasteiger charge is -2.36. The molecule has 0 bridgehead atoms. The summed E-state index contributed by atoms with van der Waals surface area (Å²) >= 11 is 0. The number of carbonyl (C=O) groups excluding carboxylic acids is 1. The number of benzene rings is 2. The molecule has 0 radical (unpaired) electrons. The molecule has 40 heavy (non-hydrogen) atoms. The molecule has 1 amide bonds. The van der Waals surface area contributed by atoms with E-state index in [1.54, 1.807) is 18.2 Å². The van der Waals surface area contributed by atoms with Crippen LogP contribution in [0, 0.1) is 12.8 Å². The first-order chi connectivity index (χ1) is 19.1. The van der Waals surface area contributed by atoms with Crippen LogP contribution in [0.25, 0.3) is 5.57 Å². The van der Waals surface area contributed by atoms with E-state index in [9.17, 15) is 9.90 Å². The number of aliphatic imine (C=N–C) groups is 1. The van der Waals surface area contributed by atoms with E-state index in [1.165, 1.54) is 44.3 Å². The molecular weight excluding hydrogens is 498 g/mol. The van der Waals surface area contributed by atoms with Gasteiger partial charge in [-0.05, 0) is 73.7 Å². The van der Waals surface area contributed by atoms with Gasteiger partial charge < -0.3 is 21.5 Å². The molecule has 2 aromatic carbocycles. The molecule has 1 saturated carbocycles. The number of hydrogen-bond donors (Lipinski definition) is 3. The van der Waals surface area contributed by atoms with Crippen molar-refractivity contribution >= 4 is 22.9 Å². The second-order valence-electron chi connectivity index (χ2n) is 10.9. The Hall–Kier alpha value is -3.58. The summed E-state index contributed by atoms with van der Waals surface area (Å²) in [5, 5.41) is 9.86. The minimum atomic E-state index is -0.734. The molecule has 4 rings (SSSR count). The van der Waals surface area contributed by atoms with Crippen molar-refractivity contribution < 1.29 is 9.90 Å². The van der Waals surface area contributed by atoms with Crippen LogP contribution in [0.2, 0.25) is 0 Å². The van der Waals surface area contributed by atoms with E-state index in [0.717, 1.165) is 43.2 Å². The Kier molecular flexibility index (Phi) is 11.4. The third kappa shape index (κ3) is 8.71. The zero-order chi connectivity index (χ0) is 29.2. The van der Waals surface area contributed by atoms with Crippen LogP contribution >= 0.6 is 0 Å². The molecule has 1 aliphatic heterocycles. The van der Waals surface area contributed by atoms with Gasteiger partial charge in [-0.15, -0.1) is 0 Å². The maximum atomic E-state index is 12.2. The van der Waals surface area contributed by atoms with Gasteiger partial charge in [-0.25, -0.2) is 4.99 Å². The summed E-state index contributed by atoms with van der Waals surface area (Å²) in [6.45, 7) is 17.6. The largest absolute Gasteiger partial charge is 0.508 e. The molecule has 1 saturated heterocycles. The fourth-order valence-electron chi connectivity index (χ4n) is 4.62. The van der Waals surface area contributed by atoms with Crippen LogP contribution in [0.15, 0.2) is 65.4 Å². The van der Waals surface area contributed by atoms with Crippen LogP contribution < -0.4 is 16.4 Å². The minimum Gasteiger partial charge on any atom is -0.508 e. The average molecular weight is 546 g/mol. The summed E-state index contributed by atoms with van der Waals surface area (Å²) in [6, 6.07) is 13.1. The Bertz CT molecular complexity index is 1220. The first-order valence-electron chi connectivity index (χ1n) is 14.6. The summed E-state index contributed by atoms with van der Waals surface area (Å²) < 4.78 is 0. The number of piperazine rings is 1. The maximum Gasteiger partial charge on any atom is 0.269 e. The molecule has 2 aromatic rings. The lowest BCUT2D eigenvalue weighted by atomic mass is 9.98. The minimum absolute atomic E-state index is 0.0494. The van der Waals surface area contributed by atoms with E-state index in [4.69, 9.17) is 11.5 Å². The summed E-state index contributed by atoms with van der Waals surface area (Å²) in [6.07, 6.45) is 6.83. The Morgan fingerprint density at radius 3 is 2.20 bits per heavy atom. The van der Waals surface area contributed by atoms with Gasteiger partial charge in [-0.1, -0.05) is 64.3 Å². The van der Waals surface area contributed by atoms with Crippen LogP contribution in [-0.4, -0.2) is 54.3 Å². The molecule has 7 nitrogen and oxygen atoms in total. The number of hydrogen-bond acceptors (Lipinski definition) is 6. The molecule has 216 valence electrons. The lowest BCUT2D eigenvalue weighted by Crippen LogP contribution is -2.46. The number of anilines is 1. The van der Waals surface area contributed by atoms with E-state index in [1.807, 2.05) is 26.0 Å². The van der Waals surface area contributed by atoms with Gasteiger partial charge in [0.1, 0.15) is 5.75 Å². The van der Waals surface area contributed by atoms with Crippen molar-refractivity contribution in [3.05, 3.63) is 77.1 Å². The van der Waals surface area contributed by atoms with Gasteiger partial charge in [0.25, 0.3) is 5.91 Å². The summed E-state index contributed by atoms with van der Waals surface area (Å²) in [5.74, 6) is 0.335. The van der Waals surface area contributed by atoms with Gasteiger partial charge in [-0.3, -0.25) is 9.69 Å². The van der Waals surface area contributed by atoms with Gasteiger partial charge in [0.2, 0.25) is 0 Å². The summed E-state index contributed by atoms with van der Waals surface area (Å²) in [4.78, 5) is 21.7. The SMILES string of the molecule is C=C(/C(N)=C(\N=C(C)c1ccc(N2CCN(CCC3CC3)CC2)cc1)C(N)=O)c1cc(O)ccc1C.CCCC. The number of unbranched alkanes of at least 4 members (excludes halogenated alkanes) is 1. The van der Waals surface area contributed by atoms with Gasteiger partial charge in [0, 0.05) is 43.2 Å². The van der Waals surface area contributed by atoms with E-state index in [2.05, 4.69) is 47.4 Å². The van der Waals surface area contributed by atoms with Crippen molar-refractivity contribution in [2.45, 2.75) is 59.8 Å². The van der Waals surface area contributed by atoms with Crippen LogP contribution in [-0.2, 0) is 4.79 Å². The Labute approximate surface area is 240 Å². The number of amides is 1. The van der Waals surface area contributed by atoms with E-state index in [0.29, 0.717) is 16.8 Å². The second-order valence-corrected chi connectivity index (χ2v) is 10.9. The molecule has 0 spiro atoms. The Balaban J connectivity index is 0.00000103. The van der Waals surface area contributed by atoms with E-state index < -0.39 is 5.91 Å². The molecule has 2 aliphatic rings. The molecule has 0 unspecified atom stereocenters. The van der Waals surface area contributed by atoms with Crippen LogP contribution in [0.4, 0.5) is 5.69 Å². The topological polar surface area (TPSA) is 108 Å². The smallest absolute Gasteiger partial charge is 0.269 e. The highest BCUT2D eigenvalue weighted by Crippen LogP contribution is 2.32. The second kappa shape index (κ2) is 14.7. The summed E-state index contributed by atoms with van der Waals surface area (Å²) in [5.41, 5.74) is 16.6. The van der Waals surface area contributed by atoms with Crippen LogP contribution in [0.5, 0.6) is 5.75 Å². The number of primary amides is 1. The van der Waals surface area contributed by atoms with Crippen LogP contribution in [0.1, 0.15) is 69.6 Å². The van der Waals surface area contributed by atoms with Gasteiger partial charge in [0.05, 0.1) is 5.70 Å². The first-order valence-corrected chi connectivity index (χ1v) is 14.6. The van der Waals surface area contributed by atoms with Crippen molar-refractivity contribution in [3.8, 4) is 5.75 Å². The van der Waals surface area contributed by atoms with Crippen LogP contribution in [0.3, 0.4) is 0 Å². The van der Waals surface area contributed by atoms with Gasteiger partial charge in [-0.2, -0.15) is 0 Å². The number of phenols is 1. The molecule has 2 fully saturated rings. The van der Waals surface area contributed by atoms with Crippen molar-refractivity contribution in [1.82, 2.24) is 4.90 Å². The number of rotatable bonds is 10. The third-order valence-electron chi connectivity index (χ3n) is 7.71. The van der Waals surface area contributed by atoms with Crippen molar-refractivity contribution in [1.29, 1.82) is 0 Å². The average Bonchev–Trinajstić information content (AvgIpc) is 3.80. The number of aryl methyl sites for hydroxylation is 1. The van der Waals surface area contributed by atoms with Gasteiger partial charge >= 0.3 is 0 Å². The molecule has 7 heteroatoms. The quantitative estimate of drug-likeness (QED) is 0.204. The van der Waals surface area contributed by atoms with Crippen molar-refractivity contribution in [2.24, 2.45) is 22.4 Å². The molecule has 5 N–H and O–H groups in total. The highest BCUT2D eigenvalue weighted by molar-refractivity contribution is 6.05. The Morgan fingerprint density at radius 2 is 1.65 bits per heavy atom. The fourth-order valence-corrected chi connectivity index (χ4v) is 4.62. The standard InChI is InChI=1S/C29H37N5O2.C4H10/c1-19-4-11-25(35)18-26(19)20(2)27(30)28(29(31)36)32-21(3)23-7-9-24(10-8-23)34-16-14-33(15-17-34)13-12-22-5-6-22;1-3-4-2/h4,7-11,18,22,35H,2,5-6,12-17,30H2,1,3H3,(H2,31,36);3-4H2,1-2H3/b28-27+,32-21?;. The monoisotopic (exact) mass is 545 g/mol. The van der Waals surface area contributed by atoms with Crippen molar-refractivity contribution in [2.75, 3.05) is 37.6 Å². The number of aromatic hydroxyl groups is 1. The Morgan fingerprint density at radius 1 is 1.02 bits per heavy atom. The lowest BCUT2D eigenvalue weighted by molar-refractivity contribution is -0.114. The third-order valence-corrected chi connectivity index (χ3v) is 7.71. The van der Waals surface area contributed by atoms with Gasteiger partial charge in [0.15, 0.2) is 5.70 Å². The zero-order valence-corrected chi connectivity index (χ0v) is 24.7. The maximum absolute atomic E-state index is 12.2. The molecule has 0 aromatic heterocycles. The van der Waals surface area contributed by atoms with E-state index in [-0.39, 0.29) is 17.1 Å². The summed E-state index contributed by atoms with van der Waals surface area (Å²) in [7, 11) is 0. The molecule has 1 aliphatic carbocycles. The first kappa shape index (κ1) is 31.0. The predicted octanol–water partition coefficient (Wildman–Crippen LogP) is 5.61. The molecule has 1 heterocycles. The number of phenolic OH excluding ortho intramolecular Hbond substituents is 1. The zero-order valence-electron chi connectivity index (χ0n) is 24.7. The highest BCUT2D eigenvalue weighted by Gasteiger charge is 2.23. The predicted molar refractivity (Wildman–Crippen MR) is 168 cm³/mol. The normalized spacial score (nSPS) is 16.6. The highest BCUT2D eigenvalue weighted by atomic mass is 16.3. The fraction of sp³-hybridized carbons (Fsp3) is 0.455.